The van der Waals surface area contributed by atoms with Crippen LogP contribution < -0.4 is 10.3 Å². The Kier molecular flexibility index (Phi) is 5.23. The summed E-state index contributed by atoms with van der Waals surface area (Å²) >= 11 is 0. The number of hydrogen-bond donors (Lipinski definition) is 2. The second-order valence-electron chi connectivity index (χ2n) is 8.77. The number of aromatic nitrogens is 2. The molecule has 2 aromatic rings. The van der Waals surface area contributed by atoms with E-state index in [9.17, 15) is 14.8 Å². The van der Waals surface area contributed by atoms with E-state index in [2.05, 4.69) is 0 Å². The molecule has 3 heterocycles. The van der Waals surface area contributed by atoms with Crippen molar-refractivity contribution >= 4 is 18.2 Å². The van der Waals surface area contributed by atoms with Crippen LogP contribution in [0.15, 0.2) is 16.9 Å². The number of fused-ring (bicyclic) bond motifs is 3. The smallest absolute Gasteiger partial charge is 0.451 e. The highest BCUT2D eigenvalue weighted by Gasteiger charge is 2.36. The van der Waals surface area contributed by atoms with Crippen molar-refractivity contribution in [3.05, 3.63) is 33.7 Å². The summed E-state index contributed by atoms with van der Waals surface area (Å²) in [6.07, 6.45) is 6.94. The Balaban J connectivity index is 1.79. The summed E-state index contributed by atoms with van der Waals surface area (Å²) in [4.78, 5) is 18.1. The van der Waals surface area contributed by atoms with Gasteiger partial charge in [-0.2, -0.15) is 0 Å². The van der Waals surface area contributed by atoms with Crippen molar-refractivity contribution in [2.24, 2.45) is 5.92 Å². The fraction of sp³-hybridized carbons (Fsp3) is 0.619. The standard InChI is InChI=1S/C21H29BN2O4/c1-14-7-8-16-18-17(9-10-21(2,28-18)11-12-22(26)27)20(25)24(19(16)23-14)13-15-5-3-4-6-15/h7-8,15,26-27H,3-6,9-13H2,1-2H3. The Hall–Kier alpha value is -1.86. The zero-order valence-electron chi connectivity index (χ0n) is 16.8. The van der Waals surface area contributed by atoms with E-state index in [1.165, 1.54) is 25.7 Å². The molecule has 0 bridgehead atoms. The summed E-state index contributed by atoms with van der Waals surface area (Å²) in [6, 6.07) is 3.97. The van der Waals surface area contributed by atoms with Crippen molar-refractivity contribution in [2.75, 3.05) is 0 Å². The molecule has 4 rings (SSSR count). The molecule has 2 aromatic heterocycles. The second kappa shape index (κ2) is 7.52. The molecule has 1 aliphatic carbocycles. The lowest BCUT2D eigenvalue weighted by molar-refractivity contribution is 0.0607. The molecule has 0 amide bonds. The maximum atomic E-state index is 13.4. The van der Waals surface area contributed by atoms with Gasteiger partial charge in [0, 0.05) is 12.2 Å². The molecule has 28 heavy (non-hydrogen) atoms. The summed E-state index contributed by atoms with van der Waals surface area (Å²) in [5, 5.41) is 19.4. The van der Waals surface area contributed by atoms with Gasteiger partial charge in [-0.1, -0.05) is 12.8 Å². The maximum absolute atomic E-state index is 13.4. The van der Waals surface area contributed by atoms with E-state index < -0.39 is 12.7 Å². The highest BCUT2D eigenvalue weighted by molar-refractivity contribution is 6.40. The predicted molar refractivity (Wildman–Crippen MR) is 110 cm³/mol. The van der Waals surface area contributed by atoms with Gasteiger partial charge in [-0.15, -0.1) is 0 Å². The average molecular weight is 384 g/mol. The fourth-order valence-corrected chi connectivity index (χ4v) is 4.70. The molecule has 2 aliphatic rings. The molecule has 0 saturated heterocycles. The highest BCUT2D eigenvalue weighted by Crippen LogP contribution is 2.39. The van der Waals surface area contributed by atoms with Crippen LogP contribution in [0.3, 0.4) is 0 Å². The first-order valence-corrected chi connectivity index (χ1v) is 10.4. The molecular weight excluding hydrogens is 355 g/mol. The summed E-state index contributed by atoms with van der Waals surface area (Å²) in [7, 11) is -1.35. The molecule has 150 valence electrons. The predicted octanol–water partition coefficient (Wildman–Crippen LogP) is 2.84. The molecule has 7 heteroatoms. The van der Waals surface area contributed by atoms with Crippen LogP contribution in [-0.2, 0) is 13.0 Å². The van der Waals surface area contributed by atoms with Crippen LogP contribution in [0.5, 0.6) is 5.75 Å². The molecule has 1 saturated carbocycles. The van der Waals surface area contributed by atoms with Gasteiger partial charge in [0.2, 0.25) is 0 Å². The SMILES string of the molecule is Cc1ccc2c3c(c(=O)n(CC4CCCC4)c2n1)CCC(C)(CCB(O)O)O3. The van der Waals surface area contributed by atoms with Gasteiger partial charge in [-0.05, 0) is 70.3 Å². The molecule has 0 radical (unpaired) electrons. The molecule has 1 fully saturated rings. The van der Waals surface area contributed by atoms with Gasteiger partial charge in [0.05, 0.1) is 10.9 Å². The molecule has 1 unspecified atom stereocenters. The zero-order valence-corrected chi connectivity index (χ0v) is 16.8. The zero-order chi connectivity index (χ0) is 19.9. The molecule has 2 N–H and O–H groups in total. The van der Waals surface area contributed by atoms with E-state index in [1.807, 2.05) is 30.5 Å². The van der Waals surface area contributed by atoms with E-state index in [0.717, 1.165) is 23.2 Å². The van der Waals surface area contributed by atoms with Gasteiger partial charge in [0.15, 0.2) is 0 Å². The van der Waals surface area contributed by atoms with E-state index >= 15 is 0 Å². The Morgan fingerprint density at radius 3 is 2.79 bits per heavy atom. The summed E-state index contributed by atoms with van der Waals surface area (Å²) < 4.78 is 8.23. The normalized spacial score (nSPS) is 22.3. The van der Waals surface area contributed by atoms with Gasteiger partial charge in [0.1, 0.15) is 17.0 Å². The van der Waals surface area contributed by atoms with Gasteiger partial charge >= 0.3 is 7.12 Å². The summed E-state index contributed by atoms with van der Waals surface area (Å²) in [5.74, 6) is 1.18. The molecule has 6 nitrogen and oxygen atoms in total. The Labute approximate surface area is 165 Å². The average Bonchev–Trinajstić information content (AvgIpc) is 3.16. The monoisotopic (exact) mass is 384 g/mol. The number of rotatable bonds is 5. The summed E-state index contributed by atoms with van der Waals surface area (Å²) in [6.45, 7) is 4.65. The minimum Gasteiger partial charge on any atom is -0.486 e. The third-order valence-corrected chi connectivity index (χ3v) is 6.39. The molecular formula is C21H29BN2O4. The first-order chi connectivity index (χ1) is 13.4. The molecule has 0 aromatic carbocycles. The minimum atomic E-state index is -1.35. The Morgan fingerprint density at radius 1 is 1.32 bits per heavy atom. The summed E-state index contributed by atoms with van der Waals surface area (Å²) in [5.41, 5.74) is 1.84. The Bertz CT molecular complexity index is 936. The van der Waals surface area contributed by atoms with Gasteiger partial charge in [-0.25, -0.2) is 4.98 Å². The van der Waals surface area contributed by atoms with Crippen LogP contribution >= 0.6 is 0 Å². The van der Waals surface area contributed by atoms with E-state index in [0.29, 0.717) is 36.6 Å². The molecule has 0 spiro atoms. The van der Waals surface area contributed by atoms with Crippen molar-refractivity contribution in [2.45, 2.75) is 77.3 Å². The third kappa shape index (κ3) is 3.70. The van der Waals surface area contributed by atoms with Crippen molar-refractivity contribution in [3.63, 3.8) is 0 Å². The number of pyridine rings is 2. The van der Waals surface area contributed by atoms with Crippen molar-refractivity contribution in [3.8, 4) is 5.75 Å². The Morgan fingerprint density at radius 2 is 2.07 bits per heavy atom. The molecule has 1 atom stereocenters. The first-order valence-electron chi connectivity index (χ1n) is 10.4. The minimum absolute atomic E-state index is 0.0248. The molecule has 1 aliphatic heterocycles. The number of nitrogens with zero attached hydrogens (tertiary/aromatic N) is 2. The fourth-order valence-electron chi connectivity index (χ4n) is 4.70. The van der Waals surface area contributed by atoms with Crippen molar-refractivity contribution in [1.82, 2.24) is 9.55 Å². The van der Waals surface area contributed by atoms with Crippen LogP contribution in [0, 0.1) is 12.8 Å². The number of aryl methyl sites for hydroxylation is 1. The third-order valence-electron chi connectivity index (χ3n) is 6.39. The van der Waals surface area contributed by atoms with Crippen LogP contribution in [0.4, 0.5) is 0 Å². The topological polar surface area (TPSA) is 84.6 Å². The van der Waals surface area contributed by atoms with Crippen LogP contribution in [-0.4, -0.2) is 32.3 Å². The first kappa shape index (κ1) is 19.5. The lowest BCUT2D eigenvalue weighted by Gasteiger charge is -2.36. The number of hydrogen-bond acceptors (Lipinski definition) is 5. The van der Waals surface area contributed by atoms with Crippen LogP contribution in [0.1, 0.15) is 56.7 Å². The van der Waals surface area contributed by atoms with E-state index in [-0.39, 0.29) is 11.9 Å². The van der Waals surface area contributed by atoms with Gasteiger partial charge in [0.25, 0.3) is 5.56 Å². The maximum Gasteiger partial charge on any atom is 0.451 e. The van der Waals surface area contributed by atoms with Crippen molar-refractivity contribution < 1.29 is 14.8 Å². The van der Waals surface area contributed by atoms with E-state index in [1.54, 1.807) is 0 Å². The lowest BCUT2D eigenvalue weighted by Crippen LogP contribution is -2.40. The number of ether oxygens (including phenoxy) is 1. The lowest BCUT2D eigenvalue weighted by atomic mass is 9.77. The van der Waals surface area contributed by atoms with Crippen molar-refractivity contribution in [1.29, 1.82) is 0 Å². The van der Waals surface area contributed by atoms with E-state index in [4.69, 9.17) is 9.72 Å². The van der Waals surface area contributed by atoms with Gasteiger partial charge in [-0.3, -0.25) is 9.36 Å². The highest BCUT2D eigenvalue weighted by atomic mass is 16.5. The van der Waals surface area contributed by atoms with Gasteiger partial charge < -0.3 is 14.8 Å². The quantitative estimate of drug-likeness (QED) is 0.775. The van der Waals surface area contributed by atoms with Crippen LogP contribution in [0.25, 0.3) is 11.0 Å². The van der Waals surface area contributed by atoms with Crippen LogP contribution in [0.2, 0.25) is 6.32 Å². The largest absolute Gasteiger partial charge is 0.486 e. The second-order valence-corrected chi connectivity index (χ2v) is 8.77.